The van der Waals surface area contributed by atoms with Crippen LogP contribution in [0.4, 0.5) is 11.4 Å². The summed E-state index contributed by atoms with van der Waals surface area (Å²) < 4.78 is 4.79. The molecule has 2 atom stereocenters. The fourth-order valence-electron chi connectivity index (χ4n) is 3.57. The number of amides is 2. The Balaban J connectivity index is 1.83. The maximum Gasteiger partial charge on any atom is 0.355 e. The average Bonchev–Trinajstić information content (AvgIpc) is 3.22. The summed E-state index contributed by atoms with van der Waals surface area (Å²) in [4.78, 5) is 40.0. The number of benzene rings is 2. The Morgan fingerprint density at radius 2 is 1.76 bits per heavy atom. The third kappa shape index (κ3) is 2.97. The van der Waals surface area contributed by atoms with Crippen LogP contribution in [0.25, 0.3) is 0 Å². The first-order chi connectivity index (χ1) is 13.8. The van der Waals surface area contributed by atoms with Gasteiger partial charge in [0.1, 0.15) is 12.0 Å². The maximum atomic E-state index is 13.3. The molecule has 0 spiro atoms. The van der Waals surface area contributed by atoms with Crippen LogP contribution < -0.4 is 9.91 Å². The van der Waals surface area contributed by atoms with E-state index in [4.69, 9.17) is 27.9 Å². The van der Waals surface area contributed by atoms with Gasteiger partial charge in [-0.05, 0) is 48.9 Å². The molecule has 9 heteroatoms. The predicted octanol–water partition coefficient (Wildman–Crippen LogP) is 3.21. The van der Waals surface area contributed by atoms with E-state index in [1.54, 1.807) is 49.4 Å². The largest absolute Gasteiger partial charge is 0.464 e. The molecular weight excluding hydrogens is 417 g/mol. The van der Waals surface area contributed by atoms with Crippen LogP contribution in [0.3, 0.4) is 0 Å². The number of imide groups is 1. The van der Waals surface area contributed by atoms with Crippen LogP contribution in [-0.2, 0) is 19.1 Å². The van der Waals surface area contributed by atoms with Gasteiger partial charge in [-0.25, -0.2) is 9.69 Å². The second kappa shape index (κ2) is 7.17. The zero-order valence-corrected chi connectivity index (χ0v) is 16.9. The summed E-state index contributed by atoms with van der Waals surface area (Å²) in [7, 11) is 1.20. The molecule has 2 aliphatic rings. The minimum absolute atomic E-state index is 0.118. The average molecular weight is 432 g/mol. The monoisotopic (exact) mass is 431 g/mol. The predicted molar refractivity (Wildman–Crippen MR) is 109 cm³/mol. The summed E-state index contributed by atoms with van der Waals surface area (Å²) in [5.74, 6) is -2.89. The van der Waals surface area contributed by atoms with Gasteiger partial charge in [0.05, 0.1) is 18.5 Å². The van der Waals surface area contributed by atoms with E-state index in [9.17, 15) is 14.4 Å². The summed E-state index contributed by atoms with van der Waals surface area (Å²) in [6, 6.07) is 10.6. The van der Waals surface area contributed by atoms with Crippen molar-refractivity contribution < 1.29 is 19.1 Å². The third-order valence-corrected chi connectivity index (χ3v) is 5.68. The Morgan fingerprint density at radius 3 is 2.41 bits per heavy atom. The number of ether oxygens (including phenoxy) is 1. The van der Waals surface area contributed by atoms with Gasteiger partial charge in [-0.1, -0.05) is 29.3 Å². The molecule has 1 fully saturated rings. The standard InChI is InChI=1S/C20H15Cl2N3O4/c1-10-13(22)4-3-5-14(10)24-18(26)15-16(20(28)29-2)23-25(17(15)19(24)27)12-8-6-11(21)7-9-12/h3-9,15,17H,1-2H3/t15-,17-/m1/s1. The first-order valence-corrected chi connectivity index (χ1v) is 9.45. The van der Waals surface area contributed by atoms with Crippen LogP contribution in [-0.4, -0.2) is 36.6 Å². The highest BCUT2D eigenvalue weighted by Crippen LogP contribution is 2.39. The van der Waals surface area contributed by atoms with Gasteiger partial charge in [-0.2, -0.15) is 5.10 Å². The molecule has 148 valence electrons. The Labute approximate surface area is 176 Å². The number of anilines is 2. The van der Waals surface area contributed by atoms with Gasteiger partial charge in [0.15, 0.2) is 5.71 Å². The van der Waals surface area contributed by atoms with Crippen LogP contribution in [0.2, 0.25) is 10.0 Å². The van der Waals surface area contributed by atoms with E-state index in [-0.39, 0.29) is 5.71 Å². The summed E-state index contributed by atoms with van der Waals surface area (Å²) in [6.07, 6.45) is 0. The second-order valence-electron chi connectivity index (χ2n) is 6.62. The van der Waals surface area contributed by atoms with Crippen molar-refractivity contribution in [1.82, 2.24) is 0 Å². The van der Waals surface area contributed by atoms with Gasteiger partial charge >= 0.3 is 5.97 Å². The Hall–Kier alpha value is -2.90. The molecular formula is C20H15Cl2N3O4. The summed E-state index contributed by atoms with van der Waals surface area (Å²) in [6.45, 7) is 1.72. The first kappa shape index (κ1) is 19.4. The van der Waals surface area contributed by atoms with Crippen molar-refractivity contribution in [3.05, 3.63) is 58.1 Å². The minimum atomic E-state index is -1.08. The zero-order valence-electron chi connectivity index (χ0n) is 15.4. The topological polar surface area (TPSA) is 79.3 Å². The number of carbonyl (C=O) groups is 3. The number of rotatable bonds is 3. The Kier molecular flexibility index (Phi) is 4.80. The van der Waals surface area contributed by atoms with E-state index >= 15 is 0 Å². The van der Waals surface area contributed by atoms with Gasteiger partial charge in [-0.15, -0.1) is 0 Å². The van der Waals surface area contributed by atoms with Gasteiger partial charge in [0.2, 0.25) is 5.91 Å². The molecule has 0 radical (unpaired) electrons. The summed E-state index contributed by atoms with van der Waals surface area (Å²) in [5.41, 5.74) is 1.37. The van der Waals surface area contributed by atoms with Crippen molar-refractivity contribution >= 4 is 58.1 Å². The molecule has 2 heterocycles. The highest BCUT2D eigenvalue weighted by atomic mass is 35.5. The number of esters is 1. The maximum absolute atomic E-state index is 13.3. The molecule has 1 saturated heterocycles. The third-order valence-electron chi connectivity index (χ3n) is 5.01. The minimum Gasteiger partial charge on any atom is -0.464 e. The van der Waals surface area contributed by atoms with E-state index in [0.717, 1.165) is 4.90 Å². The number of hydrogen-bond donors (Lipinski definition) is 0. The van der Waals surface area contributed by atoms with Crippen molar-refractivity contribution in [1.29, 1.82) is 0 Å². The molecule has 0 aromatic heterocycles. The molecule has 4 rings (SSSR count). The summed E-state index contributed by atoms with van der Waals surface area (Å²) >= 11 is 12.1. The van der Waals surface area contributed by atoms with E-state index in [2.05, 4.69) is 5.10 Å². The molecule has 29 heavy (non-hydrogen) atoms. The first-order valence-electron chi connectivity index (χ1n) is 8.69. The van der Waals surface area contributed by atoms with Crippen LogP contribution in [0.5, 0.6) is 0 Å². The highest BCUT2D eigenvalue weighted by Gasteiger charge is 2.59. The lowest BCUT2D eigenvalue weighted by Crippen LogP contribution is -2.39. The SMILES string of the molecule is COC(=O)C1=NN(c2ccc(Cl)cc2)[C@H]2C(=O)N(c3cccc(Cl)c3C)C(=O)[C@H]12. The molecule has 0 bridgehead atoms. The number of methoxy groups -OCH3 is 1. The lowest BCUT2D eigenvalue weighted by Gasteiger charge is -2.23. The molecule has 0 aliphatic carbocycles. The Bertz CT molecular complexity index is 1070. The number of hydrogen-bond acceptors (Lipinski definition) is 6. The van der Waals surface area contributed by atoms with E-state index < -0.39 is 29.7 Å². The second-order valence-corrected chi connectivity index (χ2v) is 7.46. The number of nitrogens with zero attached hydrogens (tertiary/aromatic N) is 3. The van der Waals surface area contributed by atoms with Crippen molar-refractivity contribution in [3.8, 4) is 0 Å². The molecule has 0 N–H and O–H groups in total. The molecule has 0 saturated carbocycles. The number of halogens is 2. The number of hydrazone groups is 1. The quantitative estimate of drug-likeness (QED) is 0.550. The van der Waals surface area contributed by atoms with Crippen molar-refractivity contribution in [2.45, 2.75) is 13.0 Å². The highest BCUT2D eigenvalue weighted by molar-refractivity contribution is 6.47. The molecule has 2 aromatic rings. The fraction of sp³-hybridized carbons (Fsp3) is 0.200. The zero-order chi connectivity index (χ0) is 20.9. The van der Waals surface area contributed by atoms with Crippen LogP contribution in [0.1, 0.15) is 5.56 Å². The van der Waals surface area contributed by atoms with Crippen LogP contribution >= 0.6 is 23.2 Å². The number of carbonyl (C=O) groups excluding carboxylic acids is 3. The Morgan fingerprint density at radius 1 is 1.07 bits per heavy atom. The van der Waals surface area contributed by atoms with Crippen molar-refractivity contribution in [3.63, 3.8) is 0 Å². The van der Waals surface area contributed by atoms with Gasteiger partial charge in [-0.3, -0.25) is 14.6 Å². The van der Waals surface area contributed by atoms with Gasteiger partial charge < -0.3 is 4.74 Å². The van der Waals surface area contributed by atoms with Crippen molar-refractivity contribution in [2.75, 3.05) is 17.0 Å². The number of fused-ring (bicyclic) bond motifs is 1. The lowest BCUT2D eigenvalue weighted by molar-refractivity contribution is -0.133. The normalized spacial score (nSPS) is 20.8. The molecule has 0 unspecified atom stereocenters. The molecule has 2 amide bonds. The lowest BCUT2D eigenvalue weighted by atomic mass is 9.98. The van der Waals surface area contributed by atoms with E-state index in [0.29, 0.717) is 27.0 Å². The van der Waals surface area contributed by atoms with E-state index in [1.165, 1.54) is 12.1 Å². The van der Waals surface area contributed by atoms with Crippen LogP contribution in [0.15, 0.2) is 47.6 Å². The van der Waals surface area contributed by atoms with E-state index in [1.807, 2.05) is 0 Å². The fourth-order valence-corrected chi connectivity index (χ4v) is 3.87. The molecule has 2 aromatic carbocycles. The van der Waals surface area contributed by atoms with Crippen molar-refractivity contribution in [2.24, 2.45) is 11.0 Å². The van der Waals surface area contributed by atoms with Gasteiger partial charge in [0, 0.05) is 10.0 Å². The molecule has 7 nitrogen and oxygen atoms in total. The smallest absolute Gasteiger partial charge is 0.355 e. The van der Waals surface area contributed by atoms with Crippen LogP contribution in [0, 0.1) is 12.8 Å². The van der Waals surface area contributed by atoms with Gasteiger partial charge in [0.25, 0.3) is 5.91 Å². The molecule has 2 aliphatic heterocycles. The summed E-state index contributed by atoms with van der Waals surface area (Å²) in [5, 5.41) is 6.55.